The Morgan fingerprint density at radius 3 is 2.58 bits per heavy atom. The fourth-order valence-electron chi connectivity index (χ4n) is 4.67. The monoisotopic (exact) mass is 469 g/mol. The Bertz CT molecular complexity index is 1050. The van der Waals surface area contributed by atoms with Crippen LogP contribution in [-0.4, -0.2) is 43.5 Å². The molecule has 0 amide bonds. The van der Waals surface area contributed by atoms with E-state index >= 15 is 0 Å². The first-order valence-electron chi connectivity index (χ1n) is 10.7. The first-order chi connectivity index (χ1) is 14.8. The van der Waals surface area contributed by atoms with Gasteiger partial charge in [0.15, 0.2) is 9.84 Å². The molecule has 1 aromatic carbocycles. The number of rotatable bonds is 6. The van der Waals surface area contributed by atoms with Gasteiger partial charge in [-0.1, -0.05) is 30.5 Å². The lowest BCUT2D eigenvalue weighted by molar-refractivity contribution is 0.177. The van der Waals surface area contributed by atoms with Crippen LogP contribution in [0.4, 0.5) is 14.5 Å². The van der Waals surface area contributed by atoms with Crippen molar-refractivity contribution >= 4 is 27.1 Å². The van der Waals surface area contributed by atoms with Crippen molar-refractivity contribution in [2.24, 2.45) is 0 Å². The standard InChI is InChI=1S/C22H26ClF2N3O2S/c23-16-12-21(31(29,30)14-15-6-5-9-22(25)26-15)17(24)13-19(16)27-18-7-1-2-8-20(18)28-10-3-4-11-28/h5-6,9,12-13,18,20,27H,1-4,7-8,10-11,14H2/t18-,20-/m0/s1. The molecule has 2 fully saturated rings. The van der Waals surface area contributed by atoms with E-state index in [1.54, 1.807) is 0 Å². The summed E-state index contributed by atoms with van der Waals surface area (Å²) in [6.07, 6.45) is 6.72. The number of hydrogen-bond acceptors (Lipinski definition) is 5. The van der Waals surface area contributed by atoms with Crippen LogP contribution in [0.3, 0.4) is 0 Å². The number of hydrogen-bond donors (Lipinski definition) is 1. The van der Waals surface area contributed by atoms with Crippen LogP contribution in [0.15, 0.2) is 35.2 Å². The van der Waals surface area contributed by atoms with Gasteiger partial charge in [0, 0.05) is 12.1 Å². The first-order valence-corrected chi connectivity index (χ1v) is 12.7. The third-order valence-electron chi connectivity index (χ3n) is 6.15. The van der Waals surface area contributed by atoms with Gasteiger partial charge < -0.3 is 5.32 Å². The van der Waals surface area contributed by atoms with E-state index in [0.29, 0.717) is 11.7 Å². The Kier molecular flexibility index (Phi) is 6.79. The van der Waals surface area contributed by atoms with Crippen LogP contribution in [0.2, 0.25) is 5.02 Å². The van der Waals surface area contributed by atoms with Crippen LogP contribution in [0.1, 0.15) is 44.2 Å². The lowest BCUT2D eigenvalue weighted by Gasteiger charge is -2.39. The van der Waals surface area contributed by atoms with Gasteiger partial charge in [-0.3, -0.25) is 4.90 Å². The summed E-state index contributed by atoms with van der Waals surface area (Å²) in [4.78, 5) is 5.54. The second kappa shape index (κ2) is 9.38. The molecule has 2 atom stereocenters. The van der Waals surface area contributed by atoms with Crippen molar-refractivity contribution in [1.82, 2.24) is 9.88 Å². The predicted octanol–water partition coefficient (Wildman–Crippen LogP) is 4.81. The highest BCUT2D eigenvalue weighted by Gasteiger charge is 2.32. The SMILES string of the molecule is O=S(=O)(Cc1cccc(F)n1)c1cc(Cl)c(N[C@H]2CCCC[C@@H]2N2CCCC2)cc1F. The van der Waals surface area contributed by atoms with Crippen molar-refractivity contribution in [3.8, 4) is 0 Å². The normalized spacial score (nSPS) is 22.5. The minimum Gasteiger partial charge on any atom is -0.379 e. The predicted molar refractivity (Wildman–Crippen MR) is 117 cm³/mol. The number of aromatic nitrogens is 1. The van der Waals surface area contributed by atoms with E-state index in [2.05, 4.69) is 15.2 Å². The summed E-state index contributed by atoms with van der Waals surface area (Å²) in [5, 5.41) is 3.53. The number of likely N-dealkylation sites (tertiary alicyclic amines) is 1. The fourth-order valence-corrected chi connectivity index (χ4v) is 6.31. The van der Waals surface area contributed by atoms with E-state index in [4.69, 9.17) is 11.6 Å². The van der Waals surface area contributed by atoms with Crippen molar-refractivity contribution in [1.29, 1.82) is 0 Å². The average Bonchev–Trinajstić information content (AvgIpc) is 3.25. The van der Waals surface area contributed by atoms with E-state index in [1.165, 1.54) is 31.4 Å². The van der Waals surface area contributed by atoms with Gasteiger partial charge in [0.25, 0.3) is 0 Å². The molecule has 2 aliphatic rings. The molecule has 1 aromatic heterocycles. The second-order valence-electron chi connectivity index (χ2n) is 8.32. The van der Waals surface area contributed by atoms with Crippen molar-refractivity contribution in [3.05, 3.63) is 52.8 Å². The number of sulfone groups is 1. The molecule has 5 nitrogen and oxygen atoms in total. The molecule has 2 heterocycles. The van der Waals surface area contributed by atoms with Crippen LogP contribution in [0.5, 0.6) is 0 Å². The quantitative estimate of drug-likeness (QED) is 0.615. The van der Waals surface area contributed by atoms with Crippen LogP contribution in [-0.2, 0) is 15.6 Å². The molecule has 1 aliphatic heterocycles. The maximum absolute atomic E-state index is 14.9. The summed E-state index contributed by atoms with van der Waals surface area (Å²) in [6, 6.07) is 6.68. The number of halogens is 3. The van der Waals surface area contributed by atoms with Crippen molar-refractivity contribution in [2.45, 2.75) is 61.3 Å². The summed E-state index contributed by atoms with van der Waals surface area (Å²) in [5.74, 6) is -2.27. The molecular weight excluding hydrogens is 444 g/mol. The fraction of sp³-hybridized carbons (Fsp3) is 0.500. The summed E-state index contributed by atoms with van der Waals surface area (Å²) < 4.78 is 53.6. The molecule has 9 heteroatoms. The Morgan fingerprint density at radius 2 is 1.84 bits per heavy atom. The lowest BCUT2D eigenvalue weighted by atomic mass is 9.89. The van der Waals surface area contributed by atoms with Crippen molar-refractivity contribution in [2.75, 3.05) is 18.4 Å². The molecule has 1 saturated heterocycles. The molecule has 4 rings (SSSR count). The Labute approximate surface area is 186 Å². The minimum atomic E-state index is -4.08. The van der Waals surface area contributed by atoms with Crippen LogP contribution in [0, 0.1) is 11.8 Å². The highest BCUT2D eigenvalue weighted by molar-refractivity contribution is 7.90. The van der Waals surface area contributed by atoms with E-state index in [0.717, 1.165) is 50.6 Å². The molecule has 0 radical (unpaired) electrons. The highest BCUT2D eigenvalue weighted by atomic mass is 35.5. The zero-order valence-electron chi connectivity index (χ0n) is 17.2. The molecule has 1 aliphatic carbocycles. The molecule has 2 aromatic rings. The Hall–Kier alpha value is -1.77. The zero-order valence-corrected chi connectivity index (χ0v) is 18.7. The summed E-state index contributed by atoms with van der Waals surface area (Å²) in [5.41, 5.74) is 0.409. The van der Waals surface area contributed by atoms with Gasteiger partial charge in [-0.2, -0.15) is 4.39 Å². The third kappa shape index (κ3) is 5.18. The first kappa shape index (κ1) is 22.4. The Balaban J connectivity index is 1.55. The van der Waals surface area contributed by atoms with E-state index in [9.17, 15) is 17.2 Å². The minimum absolute atomic E-state index is 0.00776. The molecule has 0 spiro atoms. The van der Waals surface area contributed by atoms with Gasteiger partial charge in [0.05, 0.1) is 22.2 Å². The van der Waals surface area contributed by atoms with Gasteiger partial charge in [-0.05, 0) is 63.0 Å². The summed E-state index contributed by atoms with van der Waals surface area (Å²) in [7, 11) is -4.08. The number of benzene rings is 1. The largest absolute Gasteiger partial charge is 0.379 e. The van der Waals surface area contributed by atoms with Gasteiger partial charge in [0.2, 0.25) is 5.95 Å². The van der Waals surface area contributed by atoms with Crippen molar-refractivity contribution in [3.63, 3.8) is 0 Å². The summed E-state index contributed by atoms with van der Waals surface area (Å²) in [6.45, 7) is 2.16. The topological polar surface area (TPSA) is 62.3 Å². The van der Waals surface area contributed by atoms with E-state index in [1.807, 2.05) is 0 Å². The van der Waals surface area contributed by atoms with Crippen LogP contribution in [0.25, 0.3) is 0 Å². The molecule has 168 valence electrons. The van der Waals surface area contributed by atoms with Gasteiger partial charge in [-0.15, -0.1) is 0 Å². The number of nitrogens with zero attached hydrogens (tertiary/aromatic N) is 2. The molecule has 1 N–H and O–H groups in total. The smallest absolute Gasteiger partial charge is 0.213 e. The molecule has 0 bridgehead atoms. The summed E-state index contributed by atoms with van der Waals surface area (Å²) >= 11 is 6.38. The third-order valence-corrected chi connectivity index (χ3v) is 8.12. The van der Waals surface area contributed by atoms with E-state index < -0.39 is 32.3 Å². The second-order valence-corrected chi connectivity index (χ2v) is 10.7. The number of nitrogens with one attached hydrogen (secondary N) is 1. The lowest BCUT2D eigenvalue weighted by Crippen LogP contribution is -2.47. The Morgan fingerprint density at radius 1 is 1.10 bits per heavy atom. The van der Waals surface area contributed by atoms with Gasteiger partial charge >= 0.3 is 0 Å². The van der Waals surface area contributed by atoms with Crippen LogP contribution >= 0.6 is 11.6 Å². The maximum atomic E-state index is 14.9. The number of pyridine rings is 1. The van der Waals surface area contributed by atoms with E-state index in [-0.39, 0.29) is 16.8 Å². The van der Waals surface area contributed by atoms with Gasteiger partial charge in [-0.25, -0.2) is 17.8 Å². The zero-order chi connectivity index (χ0) is 22.0. The van der Waals surface area contributed by atoms with Crippen molar-refractivity contribution < 1.29 is 17.2 Å². The molecule has 31 heavy (non-hydrogen) atoms. The van der Waals surface area contributed by atoms with Gasteiger partial charge in [0.1, 0.15) is 10.7 Å². The molecule has 0 unspecified atom stereocenters. The molecule has 1 saturated carbocycles. The maximum Gasteiger partial charge on any atom is 0.213 e. The average molecular weight is 470 g/mol. The molecular formula is C22H26ClF2N3O2S. The number of anilines is 1. The highest BCUT2D eigenvalue weighted by Crippen LogP contribution is 2.33. The van der Waals surface area contributed by atoms with Crippen LogP contribution < -0.4 is 5.32 Å².